The Balaban J connectivity index is 1.58. The van der Waals surface area contributed by atoms with Gasteiger partial charge in [-0.1, -0.05) is 15.9 Å². The van der Waals surface area contributed by atoms with Crippen molar-refractivity contribution in [1.29, 1.82) is 0 Å². The molecule has 2 aromatic heterocycles. The number of aryl methyl sites for hydroxylation is 1. The molecule has 26 heavy (non-hydrogen) atoms. The molecule has 1 saturated heterocycles. The molecule has 4 rings (SSSR count). The van der Waals surface area contributed by atoms with Crippen LogP contribution in [-0.4, -0.2) is 50.7 Å². The fourth-order valence-corrected chi connectivity index (χ4v) is 3.57. The van der Waals surface area contributed by atoms with Crippen LogP contribution in [-0.2, 0) is 0 Å². The maximum absolute atomic E-state index is 11.4. The minimum Gasteiger partial charge on any atom is -0.362 e. The van der Waals surface area contributed by atoms with Crippen LogP contribution >= 0.6 is 15.9 Å². The lowest BCUT2D eigenvalue weighted by atomic mass is 10.2. The van der Waals surface area contributed by atoms with E-state index in [9.17, 15) is 10.1 Å². The Bertz CT molecular complexity index is 982. The van der Waals surface area contributed by atoms with E-state index in [1.165, 1.54) is 6.33 Å². The Kier molecular flexibility index (Phi) is 4.19. The van der Waals surface area contributed by atoms with Crippen LogP contribution in [0.25, 0.3) is 5.78 Å². The Morgan fingerprint density at radius 3 is 2.62 bits per heavy atom. The van der Waals surface area contributed by atoms with E-state index >= 15 is 0 Å². The standard InChI is InChI=1S/C16H16BrN7O2/c1-11-8-15(23-16(20-11)18-10-19-23)22-6-4-21(5-7-22)13-3-2-12(17)9-14(13)24(25)26/h2-3,8-10H,4-7H2,1H3. The largest absolute Gasteiger partial charge is 0.362 e. The van der Waals surface area contributed by atoms with Gasteiger partial charge in [0.15, 0.2) is 0 Å². The molecule has 0 N–H and O–H groups in total. The molecule has 3 heterocycles. The van der Waals surface area contributed by atoms with Crippen molar-refractivity contribution in [2.45, 2.75) is 6.92 Å². The van der Waals surface area contributed by atoms with Crippen LogP contribution in [0, 0.1) is 17.0 Å². The molecule has 134 valence electrons. The summed E-state index contributed by atoms with van der Waals surface area (Å²) in [6, 6.07) is 7.16. The van der Waals surface area contributed by atoms with Crippen molar-refractivity contribution in [2.75, 3.05) is 36.0 Å². The molecule has 1 fully saturated rings. The van der Waals surface area contributed by atoms with Crippen LogP contribution < -0.4 is 9.80 Å². The van der Waals surface area contributed by atoms with Gasteiger partial charge in [0.2, 0.25) is 0 Å². The predicted molar refractivity (Wildman–Crippen MR) is 101 cm³/mol. The third-order valence-corrected chi connectivity index (χ3v) is 4.93. The minimum absolute atomic E-state index is 0.117. The van der Waals surface area contributed by atoms with Gasteiger partial charge >= 0.3 is 0 Å². The molecule has 1 aliphatic rings. The average molecular weight is 418 g/mol. The van der Waals surface area contributed by atoms with Crippen molar-refractivity contribution in [3.63, 3.8) is 0 Å². The zero-order valence-electron chi connectivity index (χ0n) is 14.0. The van der Waals surface area contributed by atoms with Crippen LogP contribution in [0.1, 0.15) is 5.69 Å². The second-order valence-electron chi connectivity index (χ2n) is 6.09. The molecular weight excluding hydrogens is 402 g/mol. The summed E-state index contributed by atoms with van der Waals surface area (Å²) < 4.78 is 2.43. The van der Waals surface area contributed by atoms with Crippen LogP contribution in [0.2, 0.25) is 0 Å². The summed E-state index contributed by atoms with van der Waals surface area (Å²) in [6.07, 6.45) is 1.49. The van der Waals surface area contributed by atoms with E-state index in [1.54, 1.807) is 16.6 Å². The van der Waals surface area contributed by atoms with Gasteiger partial charge in [-0.3, -0.25) is 10.1 Å². The molecule has 0 amide bonds. The van der Waals surface area contributed by atoms with E-state index in [1.807, 2.05) is 24.0 Å². The molecule has 0 saturated carbocycles. The third-order valence-electron chi connectivity index (χ3n) is 4.44. The number of nitrogens with zero attached hydrogens (tertiary/aromatic N) is 7. The first-order chi connectivity index (χ1) is 12.5. The van der Waals surface area contributed by atoms with Crippen LogP contribution in [0.5, 0.6) is 0 Å². The maximum atomic E-state index is 11.4. The van der Waals surface area contributed by atoms with Crippen molar-refractivity contribution in [3.05, 3.63) is 50.9 Å². The zero-order valence-corrected chi connectivity index (χ0v) is 15.6. The Hall–Kier alpha value is -2.75. The quantitative estimate of drug-likeness (QED) is 0.477. The molecule has 1 aliphatic heterocycles. The number of benzene rings is 1. The zero-order chi connectivity index (χ0) is 18.3. The number of aromatic nitrogens is 4. The average Bonchev–Trinajstić information content (AvgIpc) is 3.09. The van der Waals surface area contributed by atoms with Gasteiger partial charge in [0.05, 0.1) is 4.92 Å². The molecule has 0 radical (unpaired) electrons. The first-order valence-corrected chi connectivity index (χ1v) is 8.93. The van der Waals surface area contributed by atoms with Gasteiger partial charge in [0.25, 0.3) is 11.5 Å². The lowest BCUT2D eigenvalue weighted by Crippen LogP contribution is -2.47. The van der Waals surface area contributed by atoms with Gasteiger partial charge in [-0.15, -0.1) is 0 Å². The fraction of sp³-hybridized carbons (Fsp3) is 0.312. The third kappa shape index (κ3) is 2.96. The summed E-state index contributed by atoms with van der Waals surface area (Å²) in [5, 5.41) is 15.6. The molecular formula is C16H16BrN7O2. The highest BCUT2D eigenvalue weighted by atomic mass is 79.9. The van der Waals surface area contributed by atoms with Crippen LogP contribution in [0.3, 0.4) is 0 Å². The van der Waals surface area contributed by atoms with E-state index < -0.39 is 0 Å². The van der Waals surface area contributed by atoms with Gasteiger partial charge in [0.1, 0.15) is 17.8 Å². The summed E-state index contributed by atoms with van der Waals surface area (Å²) in [5.41, 5.74) is 1.65. The number of rotatable bonds is 3. The highest BCUT2D eigenvalue weighted by Gasteiger charge is 2.25. The molecule has 9 nitrogen and oxygen atoms in total. The van der Waals surface area contributed by atoms with Gasteiger partial charge in [0, 0.05) is 48.5 Å². The SMILES string of the molecule is Cc1cc(N2CCN(c3ccc(Br)cc3[N+](=O)[O-])CC2)n2ncnc2n1. The molecule has 0 atom stereocenters. The second kappa shape index (κ2) is 6.52. The number of hydrogen-bond acceptors (Lipinski definition) is 7. The predicted octanol–water partition coefficient (Wildman–Crippen LogP) is 2.43. The second-order valence-corrected chi connectivity index (χ2v) is 7.01. The fourth-order valence-electron chi connectivity index (χ4n) is 3.22. The normalized spacial score (nSPS) is 14.8. The maximum Gasteiger partial charge on any atom is 0.293 e. The molecule has 1 aromatic carbocycles. The number of nitro groups is 1. The van der Waals surface area contributed by atoms with Crippen molar-refractivity contribution in [3.8, 4) is 0 Å². The van der Waals surface area contributed by atoms with E-state index in [-0.39, 0.29) is 10.6 Å². The van der Waals surface area contributed by atoms with Crippen molar-refractivity contribution < 1.29 is 4.92 Å². The molecule has 0 bridgehead atoms. The van der Waals surface area contributed by atoms with E-state index in [2.05, 4.69) is 35.9 Å². The highest BCUT2D eigenvalue weighted by Crippen LogP contribution is 2.32. The summed E-state index contributed by atoms with van der Waals surface area (Å²) in [7, 11) is 0. The summed E-state index contributed by atoms with van der Waals surface area (Å²) in [4.78, 5) is 23.8. The van der Waals surface area contributed by atoms with Crippen LogP contribution in [0.15, 0.2) is 35.1 Å². The van der Waals surface area contributed by atoms with E-state index in [4.69, 9.17) is 0 Å². The lowest BCUT2D eigenvalue weighted by Gasteiger charge is -2.36. The molecule has 3 aromatic rings. The number of piperazine rings is 1. The molecule has 0 spiro atoms. The Morgan fingerprint density at radius 2 is 1.88 bits per heavy atom. The molecule has 10 heteroatoms. The van der Waals surface area contributed by atoms with Crippen LogP contribution in [0.4, 0.5) is 17.2 Å². The van der Waals surface area contributed by atoms with Crippen molar-refractivity contribution in [2.24, 2.45) is 0 Å². The van der Waals surface area contributed by atoms with Gasteiger partial charge in [-0.25, -0.2) is 4.98 Å². The van der Waals surface area contributed by atoms with Gasteiger partial charge in [-0.2, -0.15) is 14.6 Å². The minimum atomic E-state index is -0.336. The van der Waals surface area contributed by atoms with Gasteiger partial charge < -0.3 is 9.80 Å². The van der Waals surface area contributed by atoms with Gasteiger partial charge in [-0.05, 0) is 19.1 Å². The van der Waals surface area contributed by atoms with Crippen molar-refractivity contribution >= 4 is 38.9 Å². The monoisotopic (exact) mass is 417 g/mol. The number of anilines is 2. The molecule has 0 unspecified atom stereocenters. The Labute approximate surface area is 157 Å². The number of fused-ring (bicyclic) bond motifs is 1. The summed E-state index contributed by atoms with van der Waals surface area (Å²) in [6.45, 7) is 4.75. The smallest absolute Gasteiger partial charge is 0.293 e. The van der Waals surface area contributed by atoms with E-state index in [0.717, 1.165) is 24.6 Å². The van der Waals surface area contributed by atoms with E-state index in [0.29, 0.717) is 29.0 Å². The summed E-state index contributed by atoms with van der Waals surface area (Å²) >= 11 is 3.30. The highest BCUT2D eigenvalue weighted by molar-refractivity contribution is 9.10. The Morgan fingerprint density at radius 1 is 1.15 bits per heavy atom. The first-order valence-electron chi connectivity index (χ1n) is 8.14. The number of hydrogen-bond donors (Lipinski definition) is 0. The number of nitro benzene ring substituents is 1. The topological polar surface area (TPSA) is 92.7 Å². The molecule has 0 aliphatic carbocycles. The number of halogens is 1. The summed E-state index contributed by atoms with van der Waals surface area (Å²) in [5.74, 6) is 1.51. The van der Waals surface area contributed by atoms with Crippen molar-refractivity contribution in [1.82, 2.24) is 19.6 Å². The first kappa shape index (κ1) is 16.7. The lowest BCUT2D eigenvalue weighted by molar-refractivity contribution is -0.384.